The van der Waals surface area contributed by atoms with Gasteiger partial charge in [0, 0.05) is 45.9 Å². The number of nitrogens with one attached hydrogen (secondary N) is 1. The maximum Gasteiger partial charge on any atom is 0.251 e. The molecule has 10 nitrogen and oxygen atoms in total. The highest BCUT2D eigenvalue weighted by molar-refractivity contribution is 6.31. The van der Waals surface area contributed by atoms with Crippen LogP contribution in [-0.4, -0.2) is 73.2 Å². The molecule has 1 aromatic rings. The van der Waals surface area contributed by atoms with E-state index in [1.54, 1.807) is 52.8 Å². The molecule has 2 heterocycles. The van der Waals surface area contributed by atoms with Crippen molar-refractivity contribution in [3.8, 4) is 5.75 Å². The van der Waals surface area contributed by atoms with Gasteiger partial charge < -0.3 is 30.8 Å². The number of carbonyl (C=O) groups excluding carboxylic acids is 4. The molecular formula is C37H49NO9. The molecule has 9 unspecified atom stereocenters. The lowest BCUT2D eigenvalue weighted by Gasteiger charge is -2.37. The van der Waals surface area contributed by atoms with E-state index in [4.69, 9.17) is 0 Å². The minimum absolute atomic E-state index is 0.0876. The van der Waals surface area contributed by atoms with Crippen LogP contribution in [-0.2, 0) is 4.79 Å². The number of phenolic OH excluding ortho intramolecular Hbond substituents is 1. The molecule has 4 bridgehead atoms. The Hall–Kier alpha value is -3.70. The number of hydrogen-bond acceptors (Lipinski definition) is 9. The van der Waals surface area contributed by atoms with E-state index in [2.05, 4.69) is 5.32 Å². The summed E-state index contributed by atoms with van der Waals surface area (Å²) in [6, 6.07) is 1.32. The van der Waals surface area contributed by atoms with Gasteiger partial charge in [-0.05, 0) is 57.2 Å². The van der Waals surface area contributed by atoms with Gasteiger partial charge in [-0.1, -0.05) is 58.9 Å². The monoisotopic (exact) mass is 651 g/mol. The average Bonchev–Trinajstić information content (AvgIpc) is 3.05. The third-order valence-corrected chi connectivity index (χ3v) is 10.00. The molecule has 0 saturated heterocycles. The lowest BCUT2D eigenvalue weighted by molar-refractivity contribution is -0.116. The van der Waals surface area contributed by atoms with Gasteiger partial charge >= 0.3 is 0 Å². The maximum absolute atomic E-state index is 13.8. The van der Waals surface area contributed by atoms with Crippen LogP contribution in [0.15, 0.2) is 52.8 Å². The van der Waals surface area contributed by atoms with E-state index < -0.39 is 83.0 Å². The molecule has 47 heavy (non-hydrogen) atoms. The molecule has 0 saturated carbocycles. The molecule has 3 aliphatic rings. The Morgan fingerprint density at radius 2 is 1.26 bits per heavy atom. The third kappa shape index (κ3) is 7.56. The van der Waals surface area contributed by atoms with Gasteiger partial charge in [0.2, 0.25) is 5.78 Å². The van der Waals surface area contributed by atoms with Gasteiger partial charge in [0.25, 0.3) is 5.91 Å². The van der Waals surface area contributed by atoms with Gasteiger partial charge in [0.05, 0.1) is 35.7 Å². The van der Waals surface area contributed by atoms with Gasteiger partial charge in [-0.25, -0.2) is 0 Å². The molecule has 0 radical (unpaired) electrons. The van der Waals surface area contributed by atoms with Crippen molar-refractivity contribution in [3.05, 3.63) is 75.0 Å². The zero-order chi connectivity index (χ0) is 35.7. The highest BCUT2D eigenvalue weighted by Crippen LogP contribution is 2.37. The number of aromatic hydroxyl groups is 1. The van der Waals surface area contributed by atoms with E-state index in [0.29, 0.717) is 0 Å². The number of phenols is 1. The minimum atomic E-state index is -1.12. The van der Waals surface area contributed by atoms with Gasteiger partial charge in [-0.3, -0.25) is 19.2 Å². The van der Waals surface area contributed by atoms with Crippen LogP contribution in [0.5, 0.6) is 5.75 Å². The predicted molar refractivity (Wildman–Crippen MR) is 178 cm³/mol. The Morgan fingerprint density at radius 3 is 1.85 bits per heavy atom. The van der Waals surface area contributed by atoms with Crippen LogP contribution >= 0.6 is 0 Å². The SMILES string of the molecule is CC1=CC=CC(C)C(O)C(C)C(O)C(C)C(O)C(C)C(O)C(C)CC=C(C)C(=O)c2c(O)c(C)cc3c2C(=O)C(C)=C(NC1=O)C3=O. The summed E-state index contributed by atoms with van der Waals surface area (Å²) in [5.41, 5.74) is -0.405. The molecule has 1 aliphatic carbocycles. The van der Waals surface area contributed by atoms with Crippen LogP contribution in [0.2, 0.25) is 0 Å². The van der Waals surface area contributed by atoms with Gasteiger partial charge in [0.1, 0.15) is 5.75 Å². The Balaban J connectivity index is 2.15. The smallest absolute Gasteiger partial charge is 0.251 e. The fourth-order valence-electron chi connectivity index (χ4n) is 6.33. The molecule has 0 aromatic heterocycles. The molecule has 10 heteroatoms. The summed E-state index contributed by atoms with van der Waals surface area (Å²) in [5, 5.41) is 57.9. The van der Waals surface area contributed by atoms with E-state index in [-0.39, 0.29) is 51.1 Å². The van der Waals surface area contributed by atoms with Gasteiger partial charge in [-0.15, -0.1) is 0 Å². The molecule has 9 atom stereocenters. The second-order valence-corrected chi connectivity index (χ2v) is 13.5. The topological polar surface area (TPSA) is 181 Å². The highest BCUT2D eigenvalue weighted by Gasteiger charge is 2.39. The first kappa shape index (κ1) is 37.8. The minimum Gasteiger partial charge on any atom is -0.507 e. The molecule has 2 aliphatic heterocycles. The summed E-state index contributed by atoms with van der Waals surface area (Å²) in [6.45, 7) is 14.4. The summed E-state index contributed by atoms with van der Waals surface area (Å²) < 4.78 is 0. The molecule has 6 N–H and O–H groups in total. The number of allylic oxidation sites excluding steroid dienone is 6. The van der Waals surface area contributed by atoms with Crippen molar-refractivity contribution < 1.29 is 44.7 Å². The number of aryl methyl sites for hydroxylation is 1. The maximum atomic E-state index is 13.8. The zero-order valence-corrected chi connectivity index (χ0v) is 28.7. The van der Waals surface area contributed by atoms with Crippen molar-refractivity contribution in [2.24, 2.45) is 29.6 Å². The molecule has 0 fully saturated rings. The van der Waals surface area contributed by atoms with Crippen LogP contribution in [0.25, 0.3) is 0 Å². The molecule has 4 rings (SSSR count). The number of ketones is 3. The Kier molecular flexibility index (Phi) is 12.1. The molecule has 1 amide bonds. The quantitative estimate of drug-likeness (QED) is 0.240. The van der Waals surface area contributed by atoms with Crippen molar-refractivity contribution in [1.29, 1.82) is 0 Å². The average molecular weight is 652 g/mol. The normalized spacial score (nSPS) is 32.1. The van der Waals surface area contributed by atoms with Gasteiger partial charge in [-0.2, -0.15) is 0 Å². The summed E-state index contributed by atoms with van der Waals surface area (Å²) in [4.78, 5) is 54.2. The largest absolute Gasteiger partial charge is 0.507 e. The van der Waals surface area contributed by atoms with Crippen molar-refractivity contribution in [2.45, 2.75) is 93.2 Å². The van der Waals surface area contributed by atoms with Crippen molar-refractivity contribution in [3.63, 3.8) is 0 Å². The van der Waals surface area contributed by atoms with Gasteiger partial charge in [0.15, 0.2) is 11.6 Å². The highest BCUT2D eigenvalue weighted by atomic mass is 16.3. The third-order valence-electron chi connectivity index (χ3n) is 10.00. The first-order valence-electron chi connectivity index (χ1n) is 16.1. The van der Waals surface area contributed by atoms with Crippen LogP contribution in [0, 0.1) is 36.5 Å². The summed E-state index contributed by atoms with van der Waals surface area (Å²) in [6.07, 6.45) is 2.26. The van der Waals surface area contributed by atoms with Crippen LogP contribution in [0.1, 0.15) is 98.4 Å². The van der Waals surface area contributed by atoms with Crippen LogP contribution < -0.4 is 5.32 Å². The molecule has 1 aromatic carbocycles. The standard InChI is InChI=1S/C37H49NO9/c1-16-11-10-12-19(4)37(47)38-28-21(6)35(45)26-25(36(28)46)15-20(5)32(42)27(26)31(41)18(3)14-13-17(2)30(40)23(8)34(44)24(9)33(43)22(7)29(16)39/h10-12,14-17,22-24,29-30,33-34,39-40,42-44H,13H2,1-9H3,(H,38,47). The summed E-state index contributed by atoms with van der Waals surface area (Å²) >= 11 is 0. The van der Waals surface area contributed by atoms with E-state index in [9.17, 15) is 44.7 Å². The number of carbonyl (C=O) groups is 4. The summed E-state index contributed by atoms with van der Waals surface area (Å²) in [7, 11) is 0. The lowest BCUT2D eigenvalue weighted by Crippen LogP contribution is -2.45. The second-order valence-electron chi connectivity index (χ2n) is 13.5. The Bertz CT molecular complexity index is 1570. The molecule has 256 valence electrons. The van der Waals surface area contributed by atoms with Crippen molar-refractivity contribution in [1.82, 2.24) is 5.32 Å². The summed E-state index contributed by atoms with van der Waals surface area (Å²) in [5.74, 6) is -6.01. The number of amides is 1. The van der Waals surface area contributed by atoms with Crippen LogP contribution in [0.3, 0.4) is 0 Å². The first-order valence-corrected chi connectivity index (χ1v) is 16.1. The fraction of sp³-hybridized carbons (Fsp3) is 0.514. The van der Waals surface area contributed by atoms with E-state index in [1.165, 1.54) is 39.8 Å². The fourth-order valence-corrected chi connectivity index (χ4v) is 6.33. The Labute approximate surface area is 276 Å². The van der Waals surface area contributed by atoms with E-state index in [0.717, 1.165) is 0 Å². The number of fused-ring (bicyclic) bond motifs is 16. The first-order chi connectivity index (χ1) is 21.8. The molecular weight excluding hydrogens is 602 g/mol. The van der Waals surface area contributed by atoms with Crippen LogP contribution in [0.4, 0.5) is 0 Å². The second kappa shape index (κ2) is 15.0. The number of benzene rings is 1. The number of Topliss-reactive ketones (excluding diaryl/α,β-unsaturated/α-hetero) is 3. The predicted octanol–water partition coefficient (Wildman–Crippen LogP) is 4.13. The molecule has 0 spiro atoms. The van der Waals surface area contributed by atoms with E-state index in [1.807, 2.05) is 0 Å². The van der Waals surface area contributed by atoms with E-state index >= 15 is 0 Å². The van der Waals surface area contributed by atoms with Crippen molar-refractivity contribution >= 4 is 23.3 Å². The van der Waals surface area contributed by atoms with Crippen molar-refractivity contribution in [2.75, 3.05) is 0 Å². The number of aliphatic hydroxyl groups excluding tert-OH is 4. The lowest BCUT2D eigenvalue weighted by atomic mass is 9.76. The number of hydrogen-bond donors (Lipinski definition) is 6. The number of rotatable bonds is 0. The number of aliphatic hydroxyl groups is 4. The zero-order valence-electron chi connectivity index (χ0n) is 28.7. The Morgan fingerprint density at radius 1 is 0.702 bits per heavy atom.